The van der Waals surface area contributed by atoms with Crippen LogP contribution in [0.5, 0.6) is 5.75 Å². The molecule has 1 heterocycles. The highest BCUT2D eigenvalue weighted by Gasteiger charge is 2.09. The van der Waals surface area contributed by atoms with Gasteiger partial charge in [-0.2, -0.15) is 5.10 Å². The van der Waals surface area contributed by atoms with Crippen LogP contribution in [0.4, 0.5) is 0 Å². The maximum absolute atomic E-state index is 5.27. The molecule has 0 fully saturated rings. The van der Waals surface area contributed by atoms with Crippen LogP contribution < -0.4 is 4.74 Å². The Bertz CT molecular complexity index is 482. The fourth-order valence-electron chi connectivity index (χ4n) is 1.31. The molecule has 0 aliphatic carbocycles. The van der Waals surface area contributed by atoms with Gasteiger partial charge in [0.2, 0.25) is 0 Å². The third kappa shape index (κ3) is 2.08. The molecule has 3 nitrogen and oxygen atoms in total. The minimum Gasteiger partial charge on any atom is -0.494 e. The van der Waals surface area contributed by atoms with Gasteiger partial charge in [0, 0.05) is 6.07 Å². The maximum Gasteiger partial charge on any atom is 0.144 e. The quantitative estimate of drug-likeness (QED) is 0.843. The van der Waals surface area contributed by atoms with Crippen molar-refractivity contribution in [2.45, 2.75) is 0 Å². The second-order valence-corrected chi connectivity index (χ2v) is 4.50. The van der Waals surface area contributed by atoms with E-state index in [4.69, 9.17) is 4.74 Å². The summed E-state index contributed by atoms with van der Waals surface area (Å²) >= 11 is 6.76. The van der Waals surface area contributed by atoms with Gasteiger partial charge in [-0.1, -0.05) is 12.1 Å². The molecule has 15 heavy (non-hydrogen) atoms. The molecule has 2 rings (SSSR count). The van der Waals surface area contributed by atoms with Crippen molar-refractivity contribution in [2.24, 2.45) is 0 Å². The first kappa shape index (κ1) is 10.7. The van der Waals surface area contributed by atoms with E-state index >= 15 is 0 Å². The summed E-state index contributed by atoms with van der Waals surface area (Å²) in [7, 11) is 1.64. The van der Waals surface area contributed by atoms with E-state index in [1.165, 1.54) is 0 Å². The Morgan fingerprint density at radius 1 is 1.27 bits per heavy atom. The molecule has 2 aromatic rings. The van der Waals surface area contributed by atoms with Gasteiger partial charge in [-0.05, 0) is 44.0 Å². The number of aromatic nitrogens is 2. The summed E-state index contributed by atoms with van der Waals surface area (Å²) in [6.45, 7) is 0. The molecular weight excluding hydrogens is 324 g/mol. The summed E-state index contributed by atoms with van der Waals surface area (Å²) < 4.78 is 8.69. The van der Waals surface area contributed by atoms with Crippen LogP contribution in [-0.4, -0.2) is 16.9 Å². The summed E-state index contributed by atoms with van der Waals surface area (Å²) in [5, 5.41) is 4.30. The van der Waals surface area contributed by atoms with Crippen LogP contribution in [0.1, 0.15) is 0 Å². The van der Waals surface area contributed by atoms with Crippen molar-refractivity contribution in [1.29, 1.82) is 0 Å². The lowest BCUT2D eigenvalue weighted by atomic mass is 10.3. The van der Waals surface area contributed by atoms with Crippen LogP contribution in [0.15, 0.2) is 39.5 Å². The van der Waals surface area contributed by atoms with Crippen LogP contribution >= 0.6 is 31.9 Å². The van der Waals surface area contributed by atoms with Crippen molar-refractivity contribution in [3.8, 4) is 11.4 Å². The lowest BCUT2D eigenvalue weighted by Crippen LogP contribution is -1.99. The number of nitrogens with zero attached hydrogens (tertiary/aromatic N) is 2. The fourth-order valence-corrected chi connectivity index (χ4v) is 2.48. The van der Waals surface area contributed by atoms with Gasteiger partial charge in [-0.15, -0.1) is 0 Å². The minimum absolute atomic E-state index is 0.778. The molecule has 0 spiro atoms. The van der Waals surface area contributed by atoms with Gasteiger partial charge in [-0.3, -0.25) is 0 Å². The fraction of sp³-hybridized carbons (Fsp3) is 0.100. The number of methoxy groups -OCH3 is 1. The molecule has 1 aromatic heterocycles. The highest BCUT2D eigenvalue weighted by Crippen LogP contribution is 2.27. The molecule has 0 saturated heterocycles. The number of ether oxygens (including phenoxy) is 1. The maximum atomic E-state index is 5.27. The first-order valence-electron chi connectivity index (χ1n) is 4.27. The van der Waals surface area contributed by atoms with Gasteiger partial charge in [0.05, 0.1) is 7.11 Å². The monoisotopic (exact) mass is 330 g/mol. The number of para-hydroxylation sites is 2. The van der Waals surface area contributed by atoms with Crippen LogP contribution in [0.2, 0.25) is 0 Å². The lowest BCUT2D eigenvalue weighted by Gasteiger charge is -2.08. The predicted molar refractivity (Wildman–Crippen MR) is 65.5 cm³/mol. The number of hydrogen-bond acceptors (Lipinski definition) is 2. The van der Waals surface area contributed by atoms with Crippen molar-refractivity contribution in [1.82, 2.24) is 9.78 Å². The van der Waals surface area contributed by atoms with Gasteiger partial charge in [0.25, 0.3) is 0 Å². The summed E-state index contributed by atoms with van der Waals surface area (Å²) in [5.74, 6) is 0.786. The van der Waals surface area contributed by atoms with Crippen LogP contribution in [0.3, 0.4) is 0 Å². The van der Waals surface area contributed by atoms with Crippen molar-refractivity contribution >= 4 is 31.9 Å². The highest BCUT2D eigenvalue weighted by molar-refractivity contribution is 9.11. The van der Waals surface area contributed by atoms with Gasteiger partial charge in [0.1, 0.15) is 20.6 Å². The number of rotatable bonds is 2. The summed E-state index contributed by atoms with van der Waals surface area (Å²) in [5.41, 5.74) is 0.901. The zero-order valence-electron chi connectivity index (χ0n) is 7.95. The summed E-state index contributed by atoms with van der Waals surface area (Å²) in [4.78, 5) is 0. The topological polar surface area (TPSA) is 27.1 Å². The number of hydrogen-bond donors (Lipinski definition) is 0. The molecule has 0 amide bonds. The lowest BCUT2D eigenvalue weighted by molar-refractivity contribution is 0.411. The molecule has 1 aromatic carbocycles. The van der Waals surface area contributed by atoms with Crippen molar-refractivity contribution < 1.29 is 4.74 Å². The van der Waals surface area contributed by atoms with E-state index in [9.17, 15) is 0 Å². The Kier molecular flexibility index (Phi) is 3.11. The Morgan fingerprint density at radius 2 is 2.00 bits per heavy atom. The highest BCUT2D eigenvalue weighted by atomic mass is 79.9. The molecule has 0 radical (unpaired) electrons. The SMILES string of the molecule is COc1ccccc1-n1nc(Br)cc1Br. The second kappa shape index (κ2) is 4.37. The van der Waals surface area contributed by atoms with E-state index in [-0.39, 0.29) is 0 Å². The van der Waals surface area contributed by atoms with Gasteiger partial charge >= 0.3 is 0 Å². The van der Waals surface area contributed by atoms with E-state index in [1.807, 2.05) is 30.3 Å². The smallest absolute Gasteiger partial charge is 0.144 e. The van der Waals surface area contributed by atoms with E-state index in [1.54, 1.807) is 11.8 Å². The van der Waals surface area contributed by atoms with Crippen molar-refractivity contribution in [2.75, 3.05) is 7.11 Å². The van der Waals surface area contributed by atoms with Gasteiger partial charge in [-0.25, -0.2) is 4.68 Å². The zero-order chi connectivity index (χ0) is 10.8. The molecular formula is C10H8Br2N2O. The normalized spacial score (nSPS) is 10.3. The average molecular weight is 332 g/mol. The third-order valence-electron chi connectivity index (χ3n) is 1.95. The first-order valence-corrected chi connectivity index (χ1v) is 5.85. The van der Waals surface area contributed by atoms with E-state index < -0.39 is 0 Å². The Morgan fingerprint density at radius 3 is 2.60 bits per heavy atom. The zero-order valence-corrected chi connectivity index (χ0v) is 11.1. The van der Waals surface area contributed by atoms with Crippen molar-refractivity contribution in [3.05, 3.63) is 39.5 Å². The second-order valence-electron chi connectivity index (χ2n) is 2.87. The molecule has 78 valence electrons. The summed E-state index contributed by atoms with van der Waals surface area (Å²) in [6, 6.07) is 9.60. The first-order chi connectivity index (χ1) is 7.22. The molecule has 0 N–H and O–H groups in total. The van der Waals surface area contributed by atoms with E-state index in [0.717, 1.165) is 20.6 Å². The Balaban J connectivity index is 2.58. The molecule has 0 aliphatic heterocycles. The Hall–Kier alpha value is -0.810. The number of benzene rings is 1. The molecule has 0 atom stereocenters. The van der Waals surface area contributed by atoms with E-state index in [0.29, 0.717) is 0 Å². The van der Waals surface area contributed by atoms with Gasteiger partial charge < -0.3 is 4.74 Å². The molecule has 5 heteroatoms. The Labute approximate surface area is 104 Å². The standard InChI is InChI=1S/C10H8Br2N2O/c1-15-8-5-3-2-4-7(8)14-10(12)6-9(11)13-14/h2-6H,1H3. The molecule has 0 bridgehead atoms. The van der Waals surface area contributed by atoms with Crippen LogP contribution in [0, 0.1) is 0 Å². The molecule has 0 saturated carbocycles. The average Bonchev–Trinajstić information content (AvgIpc) is 2.57. The third-order valence-corrected chi connectivity index (χ3v) is 2.90. The van der Waals surface area contributed by atoms with Crippen LogP contribution in [-0.2, 0) is 0 Å². The van der Waals surface area contributed by atoms with Crippen LogP contribution in [0.25, 0.3) is 5.69 Å². The minimum atomic E-state index is 0.778. The largest absolute Gasteiger partial charge is 0.494 e. The predicted octanol–water partition coefficient (Wildman–Crippen LogP) is 3.41. The number of halogens is 2. The molecule has 0 unspecified atom stereocenters. The van der Waals surface area contributed by atoms with Gasteiger partial charge in [0.15, 0.2) is 0 Å². The summed E-state index contributed by atoms with van der Waals surface area (Å²) in [6.07, 6.45) is 0. The van der Waals surface area contributed by atoms with Crippen molar-refractivity contribution in [3.63, 3.8) is 0 Å². The van der Waals surface area contributed by atoms with E-state index in [2.05, 4.69) is 37.0 Å². The molecule has 0 aliphatic rings.